The molecule has 0 saturated heterocycles. The van der Waals surface area contributed by atoms with Gasteiger partial charge in [0.1, 0.15) is 5.82 Å². The summed E-state index contributed by atoms with van der Waals surface area (Å²) in [5.74, 6) is -0.368. The Labute approximate surface area is 202 Å². The van der Waals surface area contributed by atoms with Gasteiger partial charge in [-0.15, -0.1) is 0 Å². The van der Waals surface area contributed by atoms with E-state index in [4.69, 9.17) is 0 Å². The van der Waals surface area contributed by atoms with E-state index in [0.717, 1.165) is 18.8 Å². The standard InChI is InChI=1S/C25H27FN8O/c1-5-22(35)29-20-14-18(9-10-21(20)34(4)12-11-33(2)3)28-25-30-23(16-7-6-8-17(26)13-16)19-15-27-32-24(19)31-25/h5-10,13-15H,1,11-12H2,2-4H3,(H,29,35)(H2,27,28,30,31,32). The maximum atomic E-state index is 13.9. The predicted molar refractivity (Wildman–Crippen MR) is 137 cm³/mol. The third-order valence-corrected chi connectivity index (χ3v) is 5.40. The SMILES string of the molecule is C=CC(=O)Nc1cc(Nc2nc(-c3cccc(F)c3)c3cn[nH]c3n2)ccc1N(C)CCN(C)C. The van der Waals surface area contributed by atoms with E-state index in [9.17, 15) is 9.18 Å². The van der Waals surface area contributed by atoms with Crippen LogP contribution >= 0.6 is 0 Å². The molecule has 0 aliphatic rings. The summed E-state index contributed by atoms with van der Waals surface area (Å²) in [7, 11) is 5.99. The number of H-pyrrole nitrogens is 1. The van der Waals surface area contributed by atoms with Crippen LogP contribution in [0.25, 0.3) is 22.3 Å². The van der Waals surface area contributed by atoms with Gasteiger partial charge in [0.15, 0.2) is 5.65 Å². The quantitative estimate of drug-likeness (QED) is 0.315. The van der Waals surface area contributed by atoms with E-state index in [1.165, 1.54) is 18.2 Å². The molecule has 0 bridgehead atoms. The number of carbonyl (C=O) groups excluding carboxylic acids is 1. The number of likely N-dealkylation sites (N-methyl/N-ethyl adjacent to an activating group) is 2. The summed E-state index contributed by atoms with van der Waals surface area (Å²) in [6.45, 7) is 5.17. The fraction of sp³-hybridized carbons (Fsp3) is 0.200. The molecular formula is C25H27FN8O. The molecule has 0 spiro atoms. The number of anilines is 4. The van der Waals surface area contributed by atoms with Gasteiger partial charge in [-0.05, 0) is 50.5 Å². The molecule has 3 N–H and O–H groups in total. The Morgan fingerprint density at radius 1 is 1.14 bits per heavy atom. The summed E-state index contributed by atoms with van der Waals surface area (Å²) in [6.07, 6.45) is 2.84. The lowest BCUT2D eigenvalue weighted by atomic mass is 10.1. The number of nitrogens with one attached hydrogen (secondary N) is 3. The van der Waals surface area contributed by atoms with Crippen molar-refractivity contribution in [2.24, 2.45) is 0 Å². The highest BCUT2D eigenvalue weighted by Gasteiger charge is 2.15. The van der Waals surface area contributed by atoms with E-state index in [2.05, 4.69) is 47.2 Å². The van der Waals surface area contributed by atoms with Gasteiger partial charge in [-0.2, -0.15) is 10.1 Å². The van der Waals surface area contributed by atoms with Gasteiger partial charge in [0.2, 0.25) is 11.9 Å². The number of carbonyl (C=O) groups is 1. The Morgan fingerprint density at radius 2 is 1.97 bits per heavy atom. The van der Waals surface area contributed by atoms with Crippen molar-refractivity contribution < 1.29 is 9.18 Å². The lowest BCUT2D eigenvalue weighted by Gasteiger charge is -2.24. The van der Waals surface area contributed by atoms with Crippen LogP contribution in [0.4, 0.5) is 27.4 Å². The average Bonchev–Trinajstić information content (AvgIpc) is 3.31. The number of nitrogens with zero attached hydrogens (tertiary/aromatic N) is 5. The van der Waals surface area contributed by atoms with Crippen LogP contribution in [0.3, 0.4) is 0 Å². The van der Waals surface area contributed by atoms with E-state index in [0.29, 0.717) is 39.6 Å². The van der Waals surface area contributed by atoms with E-state index in [-0.39, 0.29) is 11.7 Å². The zero-order chi connectivity index (χ0) is 24.9. The molecule has 2 aromatic heterocycles. The van der Waals surface area contributed by atoms with E-state index in [1.54, 1.807) is 18.3 Å². The van der Waals surface area contributed by atoms with Crippen molar-refractivity contribution in [2.75, 3.05) is 49.8 Å². The van der Waals surface area contributed by atoms with Crippen LogP contribution in [0.5, 0.6) is 0 Å². The molecule has 0 atom stereocenters. The van der Waals surface area contributed by atoms with Gasteiger partial charge in [-0.1, -0.05) is 18.7 Å². The number of rotatable bonds is 9. The molecule has 180 valence electrons. The third kappa shape index (κ3) is 5.61. The first-order valence-corrected chi connectivity index (χ1v) is 11.0. The Kier molecular flexibility index (Phi) is 7.02. The van der Waals surface area contributed by atoms with Crippen LogP contribution in [0.1, 0.15) is 0 Å². The summed E-state index contributed by atoms with van der Waals surface area (Å²) in [5, 5.41) is 13.7. The first-order valence-electron chi connectivity index (χ1n) is 11.0. The Balaban J connectivity index is 1.69. The normalized spacial score (nSPS) is 11.0. The summed E-state index contributed by atoms with van der Waals surface area (Å²) in [5.41, 5.74) is 3.82. The summed E-state index contributed by atoms with van der Waals surface area (Å²) < 4.78 is 13.9. The highest BCUT2D eigenvalue weighted by molar-refractivity contribution is 6.01. The van der Waals surface area contributed by atoms with Gasteiger partial charge in [0.05, 0.1) is 28.7 Å². The molecule has 0 unspecified atom stereocenters. The zero-order valence-corrected chi connectivity index (χ0v) is 19.8. The van der Waals surface area contributed by atoms with Gasteiger partial charge in [0.25, 0.3) is 0 Å². The lowest BCUT2D eigenvalue weighted by Crippen LogP contribution is -2.29. The second-order valence-electron chi connectivity index (χ2n) is 8.31. The van der Waals surface area contributed by atoms with Crippen molar-refractivity contribution in [3.05, 3.63) is 67.1 Å². The van der Waals surface area contributed by atoms with Crippen molar-refractivity contribution in [2.45, 2.75) is 0 Å². The van der Waals surface area contributed by atoms with Crippen molar-refractivity contribution >= 4 is 40.0 Å². The van der Waals surface area contributed by atoms with E-state index in [1.807, 2.05) is 39.3 Å². The molecule has 4 rings (SSSR count). The van der Waals surface area contributed by atoms with E-state index >= 15 is 0 Å². The molecule has 10 heteroatoms. The number of fused-ring (bicyclic) bond motifs is 1. The number of aromatic nitrogens is 4. The fourth-order valence-corrected chi connectivity index (χ4v) is 3.58. The van der Waals surface area contributed by atoms with Crippen LogP contribution in [0.15, 0.2) is 61.3 Å². The molecule has 0 aliphatic carbocycles. The molecule has 0 aliphatic heterocycles. The van der Waals surface area contributed by atoms with Gasteiger partial charge in [-0.25, -0.2) is 9.37 Å². The highest BCUT2D eigenvalue weighted by Crippen LogP contribution is 2.31. The number of aromatic amines is 1. The Bertz CT molecular complexity index is 1370. The monoisotopic (exact) mass is 474 g/mol. The Morgan fingerprint density at radius 3 is 2.71 bits per heavy atom. The molecule has 0 saturated carbocycles. The minimum absolute atomic E-state index is 0.302. The molecule has 35 heavy (non-hydrogen) atoms. The van der Waals surface area contributed by atoms with Crippen LogP contribution < -0.4 is 15.5 Å². The van der Waals surface area contributed by atoms with Crippen molar-refractivity contribution in [1.29, 1.82) is 0 Å². The molecule has 1 amide bonds. The lowest BCUT2D eigenvalue weighted by molar-refractivity contribution is -0.111. The largest absolute Gasteiger partial charge is 0.372 e. The first kappa shape index (κ1) is 23.8. The topological polar surface area (TPSA) is 102 Å². The first-order chi connectivity index (χ1) is 16.8. The maximum Gasteiger partial charge on any atom is 0.247 e. The molecule has 2 heterocycles. The van der Waals surface area contributed by atoms with Crippen LogP contribution in [-0.2, 0) is 4.79 Å². The zero-order valence-electron chi connectivity index (χ0n) is 19.8. The summed E-state index contributed by atoms with van der Waals surface area (Å²) >= 11 is 0. The van der Waals surface area contributed by atoms with Gasteiger partial charge in [-0.3, -0.25) is 9.89 Å². The smallest absolute Gasteiger partial charge is 0.247 e. The molecule has 2 aromatic carbocycles. The van der Waals surface area contributed by atoms with Gasteiger partial charge in [0, 0.05) is 31.4 Å². The van der Waals surface area contributed by atoms with Crippen molar-refractivity contribution in [1.82, 2.24) is 25.1 Å². The number of hydrogen-bond acceptors (Lipinski definition) is 7. The molecule has 4 aromatic rings. The van der Waals surface area contributed by atoms with Crippen LogP contribution in [-0.4, -0.2) is 65.2 Å². The molecular weight excluding hydrogens is 447 g/mol. The second-order valence-corrected chi connectivity index (χ2v) is 8.31. The average molecular weight is 475 g/mol. The number of halogens is 1. The molecule has 0 radical (unpaired) electrons. The van der Waals surface area contributed by atoms with Crippen molar-refractivity contribution in [3.63, 3.8) is 0 Å². The number of benzene rings is 2. The van der Waals surface area contributed by atoms with Crippen LogP contribution in [0.2, 0.25) is 0 Å². The minimum Gasteiger partial charge on any atom is -0.372 e. The predicted octanol–water partition coefficient (Wildman–Crippen LogP) is 4.02. The van der Waals surface area contributed by atoms with Crippen LogP contribution in [0, 0.1) is 5.82 Å². The van der Waals surface area contributed by atoms with Gasteiger partial charge < -0.3 is 20.4 Å². The third-order valence-electron chi connectivity index (χ3n) is 5.40. The minimum atomic E-state index is -0.358. The summed E-state index contributed by atoms with van der Waals surface area (Å²) in [4.78, 5) is 25.4. The molecule has 0 fully saturated rings. The van der Waals surface area contributed by atoms with Crippen molar-refractivity contribution in [3.8, 4) is 11.3 Å². The number of hydrogen-bond donors (Lipinski definition) is 3. The summed E-state index contributed by atoms with van der Waals surface area (Å²) in [6, 6.07) is 11.8. The molecule has 9 nitrogen and oxygen atoms in total. The number of amides is 1. The highest BCUT2D eigenvalue weighted by atomic mass is 19.1. The van der Waals surface area contributed by atoms with E-state index < -0.39 is 0 Å². The maximum absolute atomic E-state index is 13.9. The second kappa shape index (κ2) is 10.3. The fourth-order valence-electron chi connectivity index (χ4n) is 3.58. The Hall–Kier alpha value is -4.31. The van der Waals surface area contributed by atoms with Gasteiger partial charge >= 0.3 is 0 Å².